The number of nitrogens with zero attached hydrogens (tertiary/aromatic N) is 1. The minimum absolute atomic E-state index is 0.0794. The van der Waals surface area contributed by atoms with Crippen molar-refractivity contribution in [1.82, 2.24) is 4.90 Å². The predicted octanol–water partition coefficient (Wildman–Crippen LogP) is 3.67. The molecule has 28 heavy (non-hydrogen) atoms. The van der Waals surface area contributed by atoms with Crippen LogP contribution in [0.5, 0.6) is 17.2 Å². The summed E-state index contributed by atoms with van der Waals surface area (Å²) in [6, 6.07) is 10.4. The van der Waals surface area contributed by atoms with Crippen LogP contribution in [-0.2, 0) is 11.3 Å². The lowest BCUT2D eigenvalue weighted by molar-refractivity contribution is -0.274. The Balaban J connectivity index is 1.90. The molecule has 6 nitrogen and oxygen atoms in total. The van der Waals surface area contributed by atoms with Crippen LogP contribution >= 0.6 is 0 Å². The van der Waals surface area contributed by atoms with Crippen LogP contribution in [0.2, 0.25) is 0 Å². The molecule has 0 atom stereocenters. The van der Waals surface area contributed by atoms with Crippen LogP contribution in [0.3, 0.4) is 0 Å². The minimum Gasteiger partial charge on any atom is -0.497 e. The molecule has 0 saturated heterocycles. The molecule has 0 radical (unpaired) electrons. The minimum atomic E-state index is -4.75. The number of nitrogens with one attached hydrogen (secondary N) is 1. The lowest BCUT2D eigenvalue weighted by Gasteiger charge is -2.18. The molecule has 0 saturated carbocycles. The fourth-order valence-electron chi connectivity index (χ4n) is 2.51. The average Bonchev–Trinajstić information content (AvgIpc) is 2.62. The molecule has 2 aromatic rings. The molecule has 0 bridgehead atoms. The average molecular weight is 398 g/mol. The number of anilines is 1. The monoisotopic (exact) mass is 398 g/mol. The SMILES string of the molecule is COc1ccc(CN(C)CC(=O)Nc2ccc(OC(F)(F)F)cc2)c(OC)c1. The number of amides is 1. The van der Waals surface area contributed by atoms with E-state index in [1.165, 1.54) is 12.1 Å². The van der Waals surface area contributed by atoms with Gasteiger partial charge in [0.2, 0.25) is 5.91 Å². The van der Waals surface area contributed by atoms with Gasteiger partial charge in [-0.1, -0.05) is 6.07 Å². The van der Waals surface area contributed by atoms with Gasteiger partial charge >= 0.3 is 6.36 Å². The van der Waals surface area contributed by atoms with Crippen molar-refractivity contribution < 1.29 is 32.2 Å². The van der Waals surface area contributed by atoms with Crippen molar-refractivity contribution in [2.75, 3.05) is 33.1 Å². The lowest BCUT2D eigenvalue weighted by Crippen LogP contribution is -2.30. The second kappa shape index (κ2) is 9.32. The Hall–Kier alpha value is -2.94. The van der Waals surface area contributed by atoms with Crippen molar-refractivity contribution in [3.8, 4) is 17.2 Å². The van der Waals surface area contributed by atoms with E-state index in [0.29, 0.717) is 23.7 Å². The number of alkyl halides is 3. The van der Waals surface area contributed by atoms with Crippen molar-refractivity contribution in [1.29, 1.82) is 0 Å². The van der Waals surface area contributed by atoms with Crippen molar-refractivity contribution in [3.63, 3.8) is 0 Å². The highest BCUT2D eigenvalue weighted by Gasteiger charge is 2.30. The molecule has 152 valence electrons. The van der Waals surface area contributed by atoms with Crippen LogP contribution in [-0.4, -0.2) is 45.0 Å². The third-order valence-electron chi connectivity index (χ3n) is 3.72. The summed E-state index contributed by atoms with van der Waals surface area (Å²) >= 11 is 0. The fourth-order valence-corrected chi connectivity index (χ4v) is 2.51. The molecule has 0 aliphatic carbocycles. The second-order valence-electron chi connectivity index (χ2n) is 5.97. The summed E-state index contributed by atoms with van der Waals surface area (Å²) in [6.45, 7) is 0.537. The highest BCUT2D eigenvalue weighted by Crippen LogP contribution is 2.26. The summed E-state index contributed by atoms with van der Waals surface area (Å²) in [5.74, 6) is 0.652. The Labute approximate surface area is 160 Å². The first kappa shape index (κ1) is 21.4. The number of ether oxygens (including phenoxy) is 3. The van der Waals surface area contributed by atoms with Crippen LogP contribution in [0, 0.1) is 0 Å². The zero-order chi connectivity index (χ0) is 20.7. The highest BCUT2D eigenvalue weighted by atomic mass is 19.4. The van der Waals surface area contributed by atoms with Gasteiger partial charge in [-0.2, -0.15) is 0 Å². The number of carbonyl (C=O) groups is 1. The molecule has 1 N–H and O–H groups in total. The Kier molecular flexibility index (Phi) is 7.11. The number of carbonyl (C=O) groups excluding carboxylic acids is 1. The molecular weight excluding hydrogens is 377 g/mol. The quantitative estimate of drug-likeness (QED) is 0.735. The first-order valence-electron chi connectivity index (χ1n) is 8.25. The summed E-state index contributed by atoms with van der Waals surface area (Å²) < 4.78 is 50.8. The van der Waals surface area contributed by atoms with Gasteiger partial charge in [-0.05, 0) is 37.4 Å². The molecule has 0 heterocycles. The molecule has 0 spiro atoms. The standard InChI is InChI=1S/C19H21F3N2O4/c1-24(11-13-4-7-16(26-2)10-17(13)27-3)12-18(25)23-14-5-8-15(9-6-14)28-19(20,21)22/h4-10H,11-12H2,1-3H3,(H,23,25). The molecule has 9 heteroatoms. The van der Waals surface area contributed by atoms with Gasteiger partial charge in [0.15, 0.2) is 0 Å². The van der Waals surface area contributed by atoms with Crippen molar-refractivity contribution in [3.05, 3.63) is 48.0 Å². The van der Waals surface area contributed by atoms with Crippen molar-refractivity contribution in [2.45, 2.75) is 12.9 Å². The number of hydrogen-bond donors (Lipinski definition) is 1. The lowest BCUT2D eigenvalue weighted by atomic mass is 10.2. The van der Waals surface area contributed by atoms with Gasteiger partial charge in [-0.3, -0.25) is 9.69 Å². The zero-order valence-corrected chi connectivity index (χ0v) is 15.7. The van der Waals surface area contributed by atoms with E-state index in [4.69, 9.17) is 9.47 Å². The Morgan fingerprint density at radius 1 is 1.04 bits per heavy atom. The van der Waals surface area contributed by atoms with Gasteiger partial charge < -0.3 is 19.5 Å². The maximum Gasteiger partial charge on any atom is 0.573 e. The van der Waals surface area contributed by atoms with Crippen LogP contribution in [0.15, 0.2) is 42.5 Å². The summed E-state index contributed by atoms with van der Waals surface area (Å²) in [5.41, 5.74) is 1.25. The number of benzene rings is 2. The number of halogens is 3. The van der Waals surface area contributed by atoms with Crippen LogP contribution < -0.4 is 19.5 Å². The first-order valence-corrected chi connectivity index (χ1v) is 8.25. The molecule has 0 fully saturated rings. The summed E-state index contributed by atoms with van der Waals surface area (Å²) in [5, 5.41) is 2.63. The van der Waals surface area contributed by atoms with Gasteiger partial charge in [0.05, 0.1) is 20.8 Å². The zero-order valence-electron chi connectivity index (χ0n) is 15.7. The van der Waals surface area contributed by atoms with Crippen LogP contribution in [0.4, 0.5) is 18.9 Å². The van der Waals surface area contributed by atoms with Crippen molar-refractivity contribution in [2.24, 2.45) is 0 Å². The Morgan fingerprint density at radius 2 is 1.68 bits per heavy atom. The smallest absolute Gasteiger partial charge is 0.497 e. The number of methoxy groups -OCH3 is 2. The molecule has 0 unspecified atom stereocenters. The van der Waals surface area contributed by atoms with E-state index in [0.717, 1.165) is 17.7 Å². The van der Waals surface area contributed by atoms with E-state index in [9.17, 15) is 18.0 Å². The van der Waals surface area contributed by atoms with E-state index in [2.05, 4.69) is 10.1 Å². The maximum absolute atomic E-state index is 12.2. The van der Waals surface area contributed by atoms with Gasteiger partial charge in [0.1, 0.15) is 17.2 Å². The maximum atomic E-state index is 12.2. The largest absolute Gasteiger partial charge is 0.573 e. The predicted molar refractivity (Wildman–Crippen MR) is 97.6 cm³/mol. The van der Waals surface area contributed by atoms with E-state index in [1.54, 1.807) is 38.3 Å². The van der Waals surface area contributed by atoms with E-state index in [-0.39, 0.29) is 18.2 Å². The molecular formula is C19H21F3N2O4. The number of likely N-dealkylation sites (N-methyl/N-ethyl adjacent to an activating group) is 1. The number of rotatable bonds is 8. The molecule has 2 aromatic carbocycles. The van der Waals surface area contributed by atoms with E-state index >= 15 is 0 Å². The van der Waals surface area contributed by atoms with Gasteiger partial charge in [0.25, 0.3) is 0 Å². The molecule has 0 aliphatic rings. The van der Waals surface area contributed by atoms with E-state index in [1.807, 2.05) is 6.07 Å². The molecule has 2 rings (SSSR count). The molecule has 1 amide bonds. The van der Waals surface area contributed by atoms with Crippen molar-refractivity contribution >= 4 is 11.6 Å². The normalized spacial score (nSPS) is 11.2. The van der Waals surface area contributed by atoms with E-state index < -0.39 is 6.36 Å². The molecule has 0 aliphatic heterocycles. The summed E-state index contributed by atoms with van der Waals surface area (Å²) in [6.07, 6.45) is -4.75. The molecule has 0 aromatic heterocycles. The van der Waals surface area contributed by atoms with Crippen LogP contribution in [0.1, 0.15) is 5.56 Å². The van der Waals surface area contributed by atoms with Crippen LogP contribution in [0.25, 0.3) is 0 Å². The topological polar surface area (TPSA) is 60.0 Å². The highest BCUT2D eigenvalue weighted by molar-refractivity contribution is 5.92. The Bertz CT molecular complexity index is 795. The van der Waals surface area contributed by atoms with Gasteiger partial charge in [0, 0.05) is 23.9 Å². The van der Waals surface area contributed by atoms with Gasteiger partial charge in [-0.15, -0.1) is 13.2 Å². The van der Waals surface area contributed by atoms with Gasteiger partial charge in [-0.25, -0.2) is 0 Å². The third-order valence-corrected chi connectivity index (χ3v) is 3.72. The fraction of sp³-hybridized carbons (Fsp3) is 0.316. The third kappa shape index (κ3) is 6.66. The second-order valence-corrected chi connectivity index (χ2v) is 5.97. The summed E-state index contributed by atoms with van der Waals surface area (Å²) in [4.78, 5) is 13.9. The number of hydrogen-bond acceptors (Lipinski definition) is 5. The summed E-state index contributed by atoms with van der Waals surface area (Å²) in [7, 11) is 4.88. The first-order chi connectivity index (χ1) is 13.2. The Morgan fingerprint density at radius 3 is 2.25 bits per heavy atom.